The third-order valence-electron chi connectivity index (χ3n) is 12.3. The van der Waals surface area contributed by atoms with Crippen molar-refractivity contribution < 1.29 is 33.7 Å². The van der Waals surface area contributed by atoms with E-state index in [4.69, 9.17) is 25.8 Å². The lowest BCUT2D eigenvalue weighted by Crippen LogP contribution is -2.58. The number of fused-ring (bicyclic) bond motifs is 1. The summed E-state index contributed by atoms with van der Waals surface area (Å²) in [6, 6.07) is 9.86. The summed E-state index contributed by atoms with van der Waals surface area (Å²) in [5.41, 5.74) is 3.69. The van der Waals surface area contributed by atoms with Crippen molar-refractivity contribution in [3.63, 3.8) is 0 Å². The summed E-state index contributed by atoms with van der Waals surface area (Å²) in [6.45, 7) is 11.2. The number of anilines is 1. The Morgan fingerprint density at radius 1 is 1.08 bits per heavy atom. The first-order chi connectivity index (χ1) is 29.1. The number of carbonyl (C=O) groups excluding carboxylic acids is 3. The summed E-state index contributed by atoms with van der Waals surface area (Å²) in [7, 11) is 0. The first kappa shape index (κ1) is 44.3. The highest BCUT2D eigenvalue weighted by Gasteiger charge is 2.41. The molecule has 1 aromatic heterocycles. The molecule has 1 aliphatic carbocycles. The van der Waals surface area contributed by atoms with Crippen LogP contribution in [0.4, 0.5) is 5.69 Å². The van der Waals surface area contributed by atoms with Crippen LogP contribution in [0.25, 0.3) is 0 Å². The summed E-state index contributed by atoms with van der Waals surface area (Å²) in [6.07, 6.45) is 9.02. The molecule has 4 heterocycles. The molecule has 13 nitrogen and oxygen atoms in total. The number of carbonyl (C=O) groups is 3. The molecular formula is C45H61ClN6O7S. The van der Waals surface area contributed by atoms with Crippen molar-refractivity contribution in [2.75, 3.05) is 77.6 Å². The first-order valence-corrected chi connectivity index (χ1v) is 23.1. The van der Waals surface area contributed by atoms with Crippen molar-refractivity contribution >= 4 is 46.3 Å². The summed E-state index contributed by atoms with van der Waals surface area (Å²) in [5.74, 6) is 0.666. The first-order valence-electron chi connectivity index (χ1n) is 21.8. The van der Waals surface area contributed by atoms with Gasteiger partial charge in [0.1, 0.15) is 17.1 Å². The molecule has 3 aliphatic heterocycles. The number of halogens is 1. The van der Waals surface area contributed by atoms with E-state index in [9.17, 15) is 19.5 Å². The minimum absolute atomic E-state index is 0.00184. The van der Waals surface area contributed by atoms with Gasteiger partial charge in [-0.3, -0.25) is 19.3 Å². The summed E-state index contributed by atoms with van der Waals surface area (Å²) < 4.78 is 18.0. The van der Waals surface area contributed by atoms with Crippen LogP contribution >= 0.6 is 22.9 Å². The zero-order valence-electron chi connectivity index (χ0n) is 35.1. The topological polar surface area (TPSA) is 146 Å². The van der Waals surface area contributed by atoms with Gasteiger partial charge in [-0.2, -0.15) is 0 Å². The number of morpholine rings is 1. The average molecular weight is 866 g/mol. The Labute approximate surface area is 363 Å². The highest BCUT2D eigenvalue weighted by molar-refractivity contribution is 7.09. The molecule has 0 unspecified atom stereocenters. The lowest BCUT2D eigenvalue weighted by atomic mass is 9.89. The van der Waals surface area contributed by atoms with Crippen molar-refractivity contribution in [2.24, 2.45) is 0 Å². The predicted molar refractivity (Wildman–Crippen MR) is 233 cm³/mol. The van der Waals surface area contributed by atoms with Crippen LogP contribution in [-0.2, 0) is 38.4 Å². The van der Waals surface area contributed by atoms with Crippen LogP contribution in [0.15, 0.2) is 35.7 Å². The van der Waals surface area contributed by atoms with Gasteiger partial charge >= 0.3 is 0 Å². The Kier molecular flexibility index (Phi) is 15.4. The Morgan fingerprint density at radius 3 is 2.68 bits per heavy atom. The zero-order chi connectivity index (χ0) is 42.1. The number of phenols is 1. The maximum Gasteiger partial charge on any atom is 0.273 e. The molecule has 3 fully saturated rings. The molecule has 2 saturated heterocycles. The van der Waals surface area contributed by atoms with Crippen molar-refractivity contribution in [3.8, 4) is 11.5 Å². The molecule has 2 aromatic carbocycles. The van der Waals surface area contributed by atoms with E-state index >= 15 is 0 Å². The Morgan fingerprint density at radius 2 is 1.90 bits per heavy atom. The molecule has 326 valence electrons. The van der Waals surface area contributed by atoms with Crippen molar-refractivity contribution in [2.45, 2.75) is 102 Å². The van der Waals surface area contributed by atoms with Crippen LogP contribution in [0.5, 0.6) is 11.5 Å². The summed E-state index contributed by atoms with van der Waals surface area (Å²) in [5, 5.41) is 20.0. The van der Waals surface area contributed by atoms with Gasteiger partial charge in [0, 0.05) is 61.6 Å². The summed E-state index contributed by atoms with van der Waals surface area (Å²) in [4.78, 5) is 49.7. The molecular weight excluding hydrogens is 804 g/mol. The number of phenolic OH excluding ortho intramolecular Hbond substituents is 1. The maximum absolute atomic E-state index is 13.6. The summed E-state index contributed by atoms with van der Waals surface area (Å²) >= 11 is 8.27. The molecule has 4 aliphatic rings. The van der Waals surface area contributed by atoms with E-state index in [1.807, 2.05) is 22.4 Å². The van der Waals surface area contributed by atoms with Crippen LogP contribution in [0, 0.1) is 0 Å². The quantitative estimate of drug-likeness (QED) is 0.103. The third-order valence-corrected chi connectivity index (χ3v) is 13.8. The lowest BCUT2D eigenvalue weighted by Gasteiger charge is -2.47. The van der Waals surface area contributed by atoms with Gasteiger partial charge in [-0.1, -0.05) is 62.9 Å². The molecule has 0 atom stereocenters. The third kappa shape index (κ3) is 11.4. The fraction of sp³-hybridized carbons (Fsp3) is 0.600. The number of piperidine rings is 1. The second kappa shape index (κ2) is 20.9. The monoisotopic (exact) mass is 864 g/mol. The highest BCUT2D eigenvalue weighted by Crippen LogP contribution is 2.39. The number of ether oxygens (including phenoxy) is 3. The number of benzene rings is 2. The number of nitrogens with one attached hydrogen (secondary N) is 2. The Hall–Kier alpha value is -3.79. The largest absolute Gasteiger partial charge is 0.506 e. The van der Waals surface area contributed by atoms with E-state index in [1.165, 1.54) is 6.42 Å². The molecule has 3 amide bonds. The Bertz CT molecular complexity index is 1950. The molecule has 1 spiro atoms. The second-order valence-corrected chi connectivity index (χ2v) is 18.3. The molecule has 7 rings (SSSR count). The number of rotatable bonds is 17. The molecule has 1 saturated carbocycles. The molecule has 3 N–H and O–H groups in total. The van der Waals surface area contributed by atoms with Gasteiger partial charge < -0.3 is 39.8 Å². The van der Waals surface area contributed by atoms with Gasteiger partial charge in [0.2, 0.25) is 5.91 Å². The Balaban J connectivity index is 0.825. The highest BCUT2D eigenvalue weighted by atomic mass is 35.5. The minimum Gasteiger partial charge on any atom is -0.506 e. The van der Waals surface area contributed by atoms with Crippen molar-refractivity contribution in [3.05, 3.63) is 68.1 Å². The van der Waals surface area contributed by atoms with Gasteiger partial charge in [0.05, 0.1) is 43.4 Å². The maximum atomic E-state index is 13.6. The number of thiazole rings is 1. The molecule has 0 radical (unpaired) electrons. The lowest BCUT2D eigenvalue weighted by molar-refractivity contribution is -0.135. The minimum atomic E-state index is -0.329. The van der Waals surface area contributed by atoms with E-state index in [-0.39, 0.29) is 41.7 Å². The second-order valence-electron chi connectivity index (χ2n) is 17.0. The van der Waals surface area contributed by atoms with Gasteiger partial charge in [-0.05, 0) is 73.9 Å². The van der Waals surface area contributed by atoms with Gasteiger partial charge in [0.25, 0.3) is 11.8 Å². The fourth-order valence-electron chi connectivity index (χ4n) is 8.86. The molecule has 3 aromatic rings. The van der Waals surface area contributed by atoms with E-state index < -0.39 is 0 Å². The molecule has 60 heavy (non-hydrogen) atoms. The predicted octanol–water partition coefficient (Wildman–Crippen LogP) is 6.41. The van der Waals surface area contributed by atoms with E-state index in [2.05, 4.69) is 51.4 Å². The van der Waals surface area contributed by atoms with Crippen LogP contribution in [0.3, 0.4) is 0 Å². The van der Waals surface area contributed by atoms with Gasteiger partial charge in [0.15, 0.2) is 12.4 Å². The van der Waals surface area contributed by atoms with Crippen LogP contribution < -0.4 is 15.4 Å². The number of hydrogen-bond acceptors (Lipinski definition) is 11. The van der Waals surface area contributed by atoms with Crippen LogP contribution in [-0.4, -0.2) is 126 Å². The van der Waals surface area contributed by atoms with E-state index in [0.717, 1.165) is 91.3 Å². The molecule has 15 heteroatoms. The SMILES string of the molecule is CC(C)c1nc(C(=O)N2CCOC3(CCN(Cc4cc(CCOCCC(=O)N(CCNCCc5ccc(O)c6c5OCC(=O)N6)C5CCCCC5)ccc4Cl)CC3)C2)cs1. The fourth-order valence-corrected chi connectivity index (χ4v) is 9.84. The number of nitrogens with zero attached hydrogens (tertiary/aromatic N) is 4. The van der Waals surface area contributed by atoms with Crippen LogP contribution in [0.1, 0.15) is 103 Å². The number of aromatic nitrogens is 1. The van der Waals surface area contributed by atoms with Gasteiger partial charge in [-0.25, -0.2) is 4.98 Å². The zero-order valence-corrected chi connectivity index (χ0v) is 36.7. The van der Waals surface area contributed by atoms with E-state index in [1.54, 1.807) is 17.4 Å². The van der Waals surface area contributed by atoms with E-state index in [0.29, 0.717) is 88.4 Å². The number of aromatic hydroxyl groups is 1. The number of hydrogen-bond donors (Lipinski definition) is 3. The average Bonchev–Trinajstić information content (AvgIpc) is 3.76. The van der Waals surface area contributed by atoms with Crippen LogP contribution in [0.2, 0.25) is 5.02 Å². The van der Waals surface area contributed by atoms with Gasteiger partial charge in [-0.15, -0.1) is 11.3 Å². The smallest absolute Gasteiger partial charge is 0.273 e. The molecule has 0 bridgehead atoms. The van der Waals surface area contributed by atoms with Crippen molar-refractivity contribution in [1.82, 2.24) is 25.0 Å². The standard InChI is InChI=1S/C45H61ClN6O7S/c1-31(2)43-48-37(29-60-43)44(56)51-22-25-59-45(30-51)15-19-50(20-16-45)27-34-26-32(8-10-36(34)46)13-23-57-24-14-40(55)52(35-6-4-3-5-7-35)21-18-47-17-12-33-9-11-38(53)41-42(33)58-28-39(54)49-41/h8-11,26,29,31,35,47,53H,3-7,12-25,27-28,30H2,1-2H3,(H,49,54). The van der Waals surface area contributed by atoms with Crippen molar-refractivity contribution in [1.29, 1.82) is 0 Å². The normalized spacial score (nSPS) is 18.3. The number of likely N-dealkylation sites (tertiary alicyclic amines) is 1. The number of amides is 3.